The molecule has 2 rings (SSSR count). The number of hydrogen-bond donors (Lipinski definition) is 4. The normalized spacial score (nSPS) is 12.7. The molecular formula is C41H74N4O3. The van der Waals surface area contributed by atoms with Crippen LogP contribution >= 0.6 is 0 Å². The minimum absolute atomic E-state index is 0.0868. The van der Waals surface area contributed by atoms with Crippen LogP contribution in [0.4, 0.5) is 11.4 Å². The number of esters is 1. The number of nitrogens with one attached hydrogen (secondary N) is 4. The Morgan fingerprint density at radius 1 is 0.667 bits per heavy atom. The maximum atomic E-state index is 12.1. The van der Waals surface area contributed by atoms with Gasteiger partial charge in [-0.3, -0.25) is 10.1 Å². The van der Waals surface area contributed by atoms with Crippen LogP contribution in [0, 0.1) is 5.92 Å². The van der Waals surface area contributed by atoms with Crippen LogP contribution in [0.5, 0.6) is 0 Å². The summed E-state index contributed by atoms with van der Waals surface area (Å²) < 4.78 is 11.0. The van der Waals surface area contributed by atoms with Gasteiger partial charge in [-0.15, -0.1) is 0 Å². The van der Waals surface area contributed by atoms with Crippen molar-refractivity contribution in [3.05, 3.63) is 59.7 Å². The third kappa shape index (κ3) is 26.4. The molecule has 0 aliphatic carbocycles. The molecule has 0 amide bonds. The summed E-state index contributed by atoms with van der Waals surface area (Å²) in [5.41, 5.74) is 4.49. The fourth-order valence-electron chi connectivity index (χ4n) is 4.34. The standard InChI is InChI=1S/C14H29NO2.C14H23NO.C13H22N2/c1-10(2)9-11(15-13(3,4)5)12(16)17-14(6,7)8;1-11(2)16-10-12-6-8-13(9-7-12)15-14(3,4)5;1-10(2)14-9-12-5-7-13(8-6-12)15-11(3)4/h10-11,15H,9H2,1-8H3;6-9,11,15H,10H2,1-5H3;5-8,10-11,14-15H,9H2,1-4H3. The fraction of sp³-hybridized carbons (Fsp3) is 0.683. The van der Waals surface area contributed by atoms with Crippen LogP contribution < -0.4 is 21.3 Å². The Morgan fingerprint density at radius 3 is 1.56 bits per heavy atom. The highest BCUT2D eigenvalue weighted by atomic mass is 16.6. The van der Waals surface area contributed by atoms with Crippen molar-refractivity contribution >= 4 is 17.3 Å². The molecule has 0 saturated heterocycles. The molecular weight excluding hydrogens is 596 g/mol. The molecule has 48 heavy (non-hydrogen) atoms. The van der Waals surface area contributed by atoms with Gasteiger partial charge in [-0.25, -0.2) is 0 Å². The number of anilines is 2. The van der Waals surface area contributed by atoms with Crippen LogP contribution in [0.25, 0.3) is 0 Å². The molecule has 1 unspecified atom stereocenters. The molecule has 0 aliphatic rings. The van der Waals surface area contributed by atoms with Gasteiger partial charge in [-0.05, 0) is 138 Å². The fourth-order valence-corrected chi connectivity index (χ4v) is 4.34. The number of hydrogen-bond acceptors (Lipinski definition) is 7. The first-order valence-electron chi connectivity index (χ1n) is 17.9. The van der Waals surface area contributed by atoms with Crippen LogP contribution in [0.2, 0.25) is 0 Å². The first-order chi connectivity index (χ1) is 21.8. The van der Waals surface area contributed by atoms with Crippen LogP contribution in [-0.4, -0.2) is 46.9 Å². The van der Waals surface area contributed by atoms with E-state index in [0.29, 0.717) is 24.6 Å². The van der Waals surface area contributed by atoms with Crippen molar-refractivity contribution in [1.82, 2.24) is 10.6 Å². The molecule has 0 bridgehead atoms. The van der Waals surface area contributed by atoms with Crippen molar-refractivity contribution in [3.8, 4) is 0 Å². The first-order valence-corrected chi connectivity index (χ1v) is 17.9. The van der Waals surface area contributed by atoms with Crippen molar-refractivity contribution in [3.63, 3.8) is 0 Å². The van der Waals surface area contributed by atoms with E-state index in [9.17, 15) is 4.79 Å². The van der Waals surface area contributed by atoms with Gasteiger partial charge in [0.1, 0.15) is 11.6 Å². The predicted molar refractivity (Wildman–Crippen MR) is 209 cm³/mol. The van der Waals surface area contributed by atoms with Gasteiger partial charge < -0.3 is 25.4 Å². The summed E-state index contributed by atoms with van der Waals surface area (Å²) in [6.07, 6.45) is 1.08. The van der Waals surface area contributed by atoms with Crippen molar-refractivity contribution in [2.45, 2.75) is 178 Å². The Hall–Kier alpha value is -2.61. The molecule has 0 fully saturated rings. The van der Waals surface area contributed by atoms with Gasteiger partial charge >= 0.3 is 5.97 Å². The number of benzene rings is 2. The summed E-state index contributed by atoms with van der Waals surface area (Å²) in [5, 5.41) is 13.5. The number of ether oxygens (including phenoxy) is 2. The van der Waals surface area contributed by atoms with Crippen LogP contribution in [0.1, 0.15) is 135 Å². The smallest absolute Gasteiger partial charge is 0.323 e. The second-order valence-electron chi connectivity index (χ2n) is 17.1. The number of rotatable bonds is 13. The molecule has 0 heterocycles. The lowest BCUT2D eigenvalue weighted by Crippen LogP contribution is -2.50. The summed E-state index contributed by atoms with van der Waals surface area (Å²) in [6.45, 7) is 36.9. The van der Waals surface area contributed by atoms with Crippen molar-refractivity contribution in [1.29, 1.82) is 0 Å². The maximum Gasteiger partial charge on any atom is 0.323 e. The van der Waals surface area contributed by atoms with E-state index in [1.807, 2.05) is 20.8 Å². The van der Waals surface area contributed by atoms with E-state index in [2.05, 4.69) is 167 Å². The molecule has 4 N–H and O–H groups in total. The Labute approximate surface area is 296 Å². The summed E-state index contributed by atoms with van der Waals surface area (Å²) in [6, 6.07) is 17.8. The Balaban J connectivity index is 0.000000691. The van der Waals surface area contributed by atoms with Crippen molar-refractivity contribution < 1.29 is 14.3 Å². The number of carbonyl (C=O) groups is 1. The summed E-state index contributed by atoms with van der Waals surface area (Å²) in [5.74, 6) is 0.309. The third-order valence-electron chi connectivity index (χ3n) is 6.19. The van der Waals surface area contributed by atoms with Gasteiger partial charge in [0.25, 0.3) is 0 Å². The zero-order chi connectivity index (χ0) is 37.3. The molecule has 2 aromatic rings. The van der Waals surface area contributed by atoms with Crippen LogP contribution in [-0.2, 0) is 27.4 Å². The zero-order valence-electron chi connectivity index (χ0n) is 33.9. The second kappa shape index (κ2) is 21.5. The topological polar surface area (TPSA) is 83.7 Å². The summed E-state index contributed by atoms with van der Waals surface area (Å²) >= 11 is 0. The monoisotopic (exact) mass is 671 g/mol. The summed E-state index contributed by atoms with van der Waals surface area (Å²) in [7, 11) is 0. The molecule has 276 valence electrons. The highest BCUT2D eigenvalue weighted by molar-refractivity contribution is 5.76. The van der Waals surface area contributed by atoms with E-state index in [4.69, 9.17) is 9.47 Å². The minimum Gasteiger partial charge on any atom is -0.459 e. The molecule has 0 aromatic heterocycles. The summed E-state index contributed by atoms with van der Waals surface area (Å²) in [4.78, 5) is 12.1. The SMILES string of the molecule is CC(C)CC(NC(C)(C)C)C(=O)OC(C)(C)C.CC(C)NCc1ccc(NC(C)C)cc1.CC(C)OCc1ccc(NC(C)(C)C)cc1. The maximum absolute atomic E-state index is 12.1. The van der Waals surface area contributed by atoms with E-state index >= 15 is 0 Å². The quantitative estimate of drug-likeness (QED) is 0.158. The lowest BCUT2D eigenvalue weighted by atomic mass is 9.99. The van der Waals surface area contributed by atoms with Gasteiger partial charge in [-0.2, -0.15) is 0 Å². The van der Waals surface area contributed by atoms with Gasteiger partial charge in [-0.1, -0.05) is 52.0 Å². The first kappa shape index (κ1) is 45.4. The average molecular weight is 671 g/mol. The van der Waals surface area contributed by atoms with E-state index in [0.717, 1.165) is 18.7 Å². The Kier molecular flexibility index (Phi) is 20.3. The van der Waals surface area contributed by atoms with Gasteiger partial charge in [0.05, 0.1) is 12.7 Å². The molecule has 0 radical (unpaired) electrons. The lowest BCUT2D eigenvalue weighted by molar-refractivity contribution is -0.158. The molecule has 7 nitrogen and oxygen atoms in total. The Bertz CT molecular complexity index is 1120. The van der Waals surface area contributed by atoms with Gasteiger partial charge in [0.15, 0.2) is 0 Å². The highest BCUT2D eigenvalue weighted by Crippen LogP contribution is 2.17. The molecule has 0 aliphatic heterocycles. The van der Waals surface area contributed by atoms with Gasteiger partial charge in [0.2, 0.25) is 0 Å². The predicted octanol–water partition coefficient (Wildman–Crippen LogP) is 9.96. The van der Waals surface area contributed by atoms with Gasteiger partial charge in [0, 0.05) is 41.1 Å². The zero-order valence-corrected chi connectivity index (χ0v) is 33.9. The third-order valence-corrected chi connectivity index (χ3v) is 6.19. The van der Waals surface area contributed by atoms with Crippen LogP contribution in [0.3, 0.4) is 0 Å². The second-order valence-corrected chi connectivity index (χ2v) is 17.1. The number of carbonyl (C=O) groups excluding carboxylic acids is 1. The minimum atomic E-state index is -0.425. The molecule has 0 saturated carbocycles. The Morgan fingerprint density at radius 2 is 1.17 bits per heavy atom. The van der Waals surface area contributed by atoms with E-state index < -0.39 is 5.60 Å². The van der Waals surface area contributed by atoms with Crippen LogP contribution in [0.15, 0.2) is 48.5 Å². The molecule has 1 atom stereocenters. The van der Waals surface area contributed by atoms with E-state index in [1.165, 1.54) is 16.8 Å². The van der Waals surface area contributed by atoms with E-state index in [1.54, 1.807) is 0 Å². The molecule has 7 heteroatoms. The van der Waals surface area contributed by atoms with Crippen molar-refractivity contribution in [2.24, 2.45) is 5.92 Å². The lowest BCUT2D eigenvalue weighted by Gasteiger charge is -2.30. The average Bonchev–Trinajstić information content (AvgIpc) is 2.89. The van der Waals surface area contributed by atoms with Crippen molar-refractivity contribution in [2.75, 3.05) is 10.6 Å². The van der Waals surface area contributed by atoms with E-state index in [-0.39, 0.29) is 29.2 Å². The highest BCUT2D eigenvalue weighted by Gasteiger charge is 2.28. The molecule has 0 spiro atoms. The largest absolute Gasteiger partial charge is 0.459 e. The molecule has 2 aromatic carbocycles.